The maximum absolute atomic E-state index is 10.9. The van der Waals surface area contributed by atoms with E-state index in [0.717, 1.165) is 43.4 Å². The molecule has 2 N–H and O–H groups in total. The minimum atomic E-state index is -0.267. The van der Waals surface area contributed by atoms with Crippen LogP contribution in [0.4, 0.5) is 5.69 Å². The summed E-state index contributed by atoms with van der Waals surface area (Å²) in [5.74, 6) is 1.34. The lowest BCUT2D eigenvalue weighted by Gasteiger charge is -2.35. The molecular weight excluding hydrogens is 246 g/mol. The number of ether oxygens (including phenoxy) is 2. The smallest absolute Gasteiger partial charge is 0.231 e. The number of carbonyl (C=O) groups excluding carboxylic acids is 1. The summed E-state index contributed by atoms with van der Waals surface area (Å²) >= 11 is 0. The van der Waals surface area contributed by atoms with Gasteiger partial charge in [0.15, 0.2) is 11.5 Å². The van der Waals surface area contributed by atoms with Gasteiger partial charge >= 0.3 is 0 Å². The third kappa shape index (κ3) is 2.58. The van der Waals surface area contributed by atoms with Crippen molar-refractivity contribution in [3.63, 3.8) is 0 Å². The summed E-state index contributed by atoms with van der Waals surface area (Å²) in [6.07, 6.45) is 0. The molecule has 1 saturated heterocycles. The molecule has 0 unspecified atom stereocenters. The number of primary amides is 1. The Bertz CT molecular complexity index is 484. The van der Waals surface area contributed by atoms with E-state index in [9.17, 15) is 4.79 Å². The number of rotatable bonds is 3. The van der Waals surface area contributed by atoms with Crippen molar-refractivity contribution in [1.82, 2.24) is 4.90 Å². The fraction of sp³-hybridized carbons (Fsp3) is 0.462. The number of carbonyl (C=O) groups is 1. The lowest BCUT2D eigenvalue weighted by Crippen LogP contribution is -2.48. The zero-order valence-electron chi connectivity index (χ0n) is 10.7. The normalized spacial score (nSPS) is 18.6. The Morgan fingerprint density at radius 2 is 1.89 bits per heavy atom. The Kier molecular flexibility index (Phi) is 3.16. The van der Waals surface area contributed by atoms with Crippen LogP contribution in [0.5, 0.6) is 11.5 Å². The lowest BCUT2D eigenvalue weighted by atomic mass is 10.2. The molecule has 0 saturated carbocycles. The zero-order chi connectivity index (χ0) is 13.2. The molecule has 1 aromatic rings. The Balaban J connectivity index is 1.63. The van der Waals surface area contributed by atoms with E-state index in [1.165, 1.54) is 0 Å². The highest BCUT2D eigenvalue weighted by molar-refractivity contribution is 5.76. The first-order chi connectivity index (χ1) is 9.22. The van der Waals surface area contributed by atoms with E-state index in [1.54, 1.807) is 0 Å². The Morgan fingerprint density at radius 3 is 2.63 bits per heavy atom. The first-order valence-electron chi connectivity index (χ1n) is 6.37. The van der Waals surface area contributed by atoms with E-state index in [1.807, 2.05) is 18.2 Å². The molecule has 1 amide bonds. The van der Waals surface area contributed by atoms with Crippen LogP contribution in [0.2, 0.25) is 0 Å². The number of hydrogen-bond donors (Lipinski definition) is 1. The fourth-order valence-corrected chi connectivity index (χ4v) is 2.47. The van der Waals surface area contributed by atoms with Gasteiger partial charge in [-0.1, -0.05) is 0 Å². The average Bonchev–Trinajstić information content (AvgIpc) is 2.86. The molecule has 2 aliphatic heterocycles. The van der Waals surface area contributed by atoms with Gasteiger partial charge in [0.05, 0.1) is 6.54 Å². The van der Waals surface area contributed by atoms with Gasteiger partial charge in [-0.05, 0) is 12.1 Å². The third-order valence-corrected chi connectivity index (χ3v) is 3.47. The van der Waals surface area contributed by atoms with Gasteiger partial charge in [0.1, 0.15) is 0 Å². The minimum absolute atomic E-state index is 0.267. The number of nitrogens with two attached hydrogens (primary N) is 1. The Morgan fingerprint density at radius 1 is 1.16 bits per heavy atom. The van der Waals surface area contributed by atoms with E-state index >= 15 is 0 Å². The lowest BCUT2D eigenvalue weighted by molar-refractivity contribution is -0.119. The predicted octanol–water partition coefficient (Wildman–Crippen LogP) is 0.0226. The Labute approximate surface area is 111 Å². The van der Waals surface area contributed by atoms with Crippen molar-refractivity contribution in [3.05, 3.63) is 18.2 Å². The van der Waals surface area contributed by atoms with Crippen molar-refractivity contribution in [1.29, 1.82) is 0 Å². The quantitative estimate of drug-likeness (QED) is 0.833. The number of hydrogen-bond acceptors (Lipinski definition) is 5. The van der Waals surface area contributed by atoms with Crippen LogP contribution in [-0.2, 0) is 4.79 Å². The van der Waals surface area contributed by atoms with E-state index in [2.05, 4.69) is 9.80 Å². The molecule has 1 aromatic carbocycles. The predicted molar refractivity (Wildman–Crippen MR) is 70.4 cm³/mol. The molecule has 19 heavy (non-hydrogen) atoms. The van der Waals surface area contributed by atoms with Gasteiger partial charge in [0, 0.05) is 37.9 Å². The summed E-state index contributed by atoms with van der Waals surface area (Å²) < 4.78 is 10.7. The van der Waals surface area contributed by atoms with Crippen LogP contribution in [0.1, 0.15) is 0 Å². The number of benzene rings is 1. The number of anilines is 1. The second kappa shape index (κ2) is 4.97. The van der Waals surface area contributed by atoms with Crippen LogP contribution in [-0.4, -0.2) is 50.3 Å². The van der Waals surface area contributed by atoms with Crippen molar-refractivity contribution in [2.24, 2.45) is 5.73 Å². The first kappa shape index (κ1) is 12.1. The van der Waals surface area contributed by atoms with Gasteiger partial charge < -0.3 is 20.1 Å². The second-order valence-corrected chi connectivity index (χ2v) is 4.77. The molecule has 1 fully saturated rings. The molecule has 6 heteroatoms. The van der Waals surface area contributed by atoms with Crippen molar-refractivity contribution >= 4 is 11.6 Å². The van der Waals surface area contributed by atoms with Crippen LogP contribution in [0.25, 0.3) is 0 Å². The van der Waals surface area contributed by atoms with Gasteiger partial charge in [-0.3, -0.25) is 9.69 Å². The van der Waals surface area contributed by atoms with Gasteiger partial charge in [0.25, 0.3) is 0 Å². The van der Waals surface area contributed by atoms with E-state index in [-0.39, 0.29) is 5.91 Å². The van der Waals surface area contributed by atoms with Crippen LogP contribution < -0.4 is 20.1 Å². The SMILES string of the molecule is NC(=O)CN1CCN(c2ccc3c(c2)OCO3)CC1. The van der Waals surface area contributed by atoms with Gasteiger partial charge in [-0.15, -0.1) is 0 Å². The summed E-state index contributed by atoms with van der Waals surface area (Å²) in [5.41, 5.74) is 6.33. The van der Waals surface area contributed by atoms with Crippen LogP contribution in [0, 0.1) is 0 Å². The number of fused-ring (bicyclic) bond motifs is 1. The highest BCUT2D eigenvalue weighted by atomic mass is 16.7. The van der Waals surface area contributed by atoms with Crippen LogP contribution in [0.15, 0.2) is 18.2 Å². The Hall–Kier alpha value is -1.95. The monoisotopic (exact) mass is 263 g/mol. The molecular formula is C13H17N3O3. The van der Waals surface area contributed by atoms with Crippen LogP contribution in [0.3, 0.4) is 0 Å². The van der Waals surface area contributed by atoms with Gasteiger partial charge in [-0.2, -0.15) is 0 Å². The topological polar surface area (TPSA) is 68.0 Å². The molecule has 0 aromatic heterocycles. The molecule has 102 valence electrons. The van der Waals surface area contributed by atoms with Crippen molar-refractivity contribution < 1.29 is 14.3 Å². The van der Waals surface area contributed by atoms with Gasteiger partial charge in [-0.25, -0.2) is 0 Å². The van der Waals surface area contributed by atoms with E-state index in [4.69, 9.17) is 15.2 Å². The van der Waals surface area contributed by atoms with E-state index < -0.39 is 0 Å². The first-order valence-corrected chi connectivity index (χ1v) is 6.37. The largest absolute Gasteiger partial charge is 0.454 e. The standard InChI is InChI=1S/C13H17N3O3/c14-13(17)8-15-3-5-16(6-4-15)10-1-2-11-12(7-10)19-9-18-11/h1-2,7H,3-6,8-9H2,(H2,14,17). The fourth-order valence-electron chi connectivity index (χ4n) is 2.47. The number of nitrogens with zero attached hydrogens (tertiary/aromatic N) is 2. The third-order valence-electron chi connectivity index (χ3n) is 3.47. The van der Waals surface area contributed by atoms with Crippen molar-refractivity contribution in [2.75, 3.05) is 44.4 Å². The highest BCUT2D eigenvalue weighted by Crippen LogP contribution is 2.35. The maximum Gasteiger partial charge on any atom is 0.231 e. The average molecular weight is 263 g/mol. The van der Waals surface area contributed by atoms with Crippen molar-refractivity contribution in [3.8, 4) is 11.5 Å². The number of piperazine rings is 1. The molecule has 0 radical (unpaired) electrons. The molecule has 2 heterocycles. The van der Waals surface area contributed by atoms with E-state index in [0.29, 0.717) is 13.3 Å². The molecule has 0 atom stereocenters. The summed E-state index contributed by atoms with van der Waals surface area (Å²) in [6.45, 7) is 4.09. The summed E-state index contributed by atoms with van der Waals surface area (Å²) in [4.78, 5) is 15.2. The summed E-state index contributed by atoms with van der Waals surface area (Å²) in [6, 6.07) is 5.98. The molecule has 2 aliphatic rings. The maximum atomic E-state index is 10.9. The second-order valence-electron chi connectivity index (χ2n) is 4.77. The summed E-state index contributed by atoms with van der Waals surface area (Å²) in [5, 5.41) is 0. The number of amides is 1. The summed E-state index contributed by atoms with van der Waals surface area (Å²) in [7, 11) is 0. The van der Waals surface area contributed by atoms with Gasteiger partial charge in [0.2, 0.25) is 12.7 Å². The molecule has 3 rings (SSSR count). The molecule has 0 spiro atoms. The van der Waals surface area contributed by atoms with Crippen LogP contribution >= 0.6 is 0 Å². The zero-order valence-corrected chi connectivity index (χ0v) is 10.7. The molecule has 6 nitrogen and oxygen atoms in total. The van der Waals surface area contributed by atoms with Crippen molar-refractivity contribution in [2.45, 2.75) is 0 Å². The minimum Gasteiger partial charge on any atom is -0.454 e. The molecule has 0 aliphatic carbocycles. The molecule has 0 bridgehead atoms. The highest BCUT2D eigenvalue weighted by Gasteiger charge is 2.20.